The van der Waals surface area contributed by atoms with Gasteiger partial charge in [-0.2, -0.15) is 0 Å². The fourth-order valence-electron chi connectivity index (χ4n) is 9.41. The number of esters is 2. The lowest BCUT2D eigenvalue weighted by Gasteiger charge is -2.33. The number of ketones is 2. The van der Waals surface area contributed by atoms with Gasteiger partial charge in [-0.25, -0.2) is 19.2 Å². The van der Waals surface area contributed by atoms with E-state index in [9.17, 15) is 28.8 Å². The van der Waals surface area contributed by atoms with Gasteiger partial charge in [-0.3, -0.25) is 19.4 Å². The van der Waals surface area contributed by atoms with Gasteiger partial charge in [-0.05, 0) is 143 Å². The lowest BCUT2D eigenvalue weighted by atomic mass is 9.72. The van der Waals surface area contributed by atoms with Crippen molar-refractivity contribution in [3.63, 3.8) is 0 Å². The molecule has 3 aromatic rings. The molecule has 1 spiro atoms. The smallest absolute Gasteiger partial charge is 0.411 e. The average molecular weight is 823 g/mol. The molecule has 7 rings (SSSR count). The van der Waals surface area contributed by atoms with Crippen LogP contribution in [-0.2, 0) is 41.4 Å². The number of fused-ring (bicyclic) bond motifs is 2. The second kappa shape index (κ2) is 17.0. The number of rotatable bonds is 9. The van der Waals surface area contributed by atoms with E-state index in [0.717, 1.165) is 71.6 Å². The zero-order chi connectivity index (χ0) is 43.0. The topological polar surface area (TPSA) is 146 Å². The summed E-state index contributed by atoms with van der Waals surface area (Å²) < 4.78 is 22.0. The number of likely N-dealkylation sites (tertiary alicyclic amines) is 2. The first-order valence-corrected chi connectivity index (χ1v) is 21.5. The molecule has 0 radical (unpaired) electrons. The van der Waals surface area contributed by atoms with Gasteiger partial charge >= 0.3 is 24.1 Å². The van der Waals surface area contributed by atoms with E-state index in [-0.39, 0.29) is 17.0 Å². The van der Waals surface area contributed by atoms with Crippen molar-refractivity contribution in [2.45, 2.75) is 135 Å². The van der Waals surface area contributed by atoms with Gasteiger partial charge in [0.1, 0.15) is 23.3 Å². The molecule has 0 N–H and O–H groups in total. The molecule has 2 atom stereocenters. The number of ether oxygens (including phenoxy) is 4. The molecule has 1 saturated carbocycles. The van der Waals surface area contributed by atoms with Crippen LogP contribution >= 0.6 is 0 Å². The molecule has 12 nitrogen and oxygen atoms in total. The molecule has 3 aromatic carbocycles. The molecule has 2 aliphatic heterocycles. The van der Waals surface area contributed by atoms with Crippen LogP contribution in [0.3, 0.4) is 0 Å². The molecule has 0 unspecified atom stereocenters. The first-order valence-electron chi connectivity index (χ1n) is 21.5. The molecule has 4 aliphatic rings. The Hall–Kier alpha value is -5.26. The van der Waals surface area contributed by atoms with Gasteiger partial charge in [-0.1, -0.05) is 55.7 Å². The Morgan fingerprint density at radius 1 is 0.617 bits per heavy atom. The predicted molar refractivity (Wildman–Crippen MR) is 225 cm³/mol. The molecule has 2 aliphatic carbocycles. The molecule has 2 amide bonds. The first kappa shape index (κ1) is 42.8. The maximum Gasteiger partial charge on any atom is 0.411 e. The summed E-state index contributed by atoms with van der Waals surface area (Å²) in [6.07, 6.45) is 8.43. The fourth-order valence-corrected chi connectivity index (χ4v) is 9.41. The molecule has 2 heterocycles. The summed E-state index contributed by atoms with van der Waals surface area (Å²) in [5, 5.41) is 1.78. The Morgan fingerprint density at radius 2 is 1.15 bits per heavy atom. The van der Waals surface area contributed by atoms with Gasteiger partial charge < -0.3 is 18.9 Å². The zero-order valence-electron chi connectivity index (χ0n) is 35.9. The monoisotopic (exact) mass is 822 g/mol. The number of carbonyl (C=O) groups excluding carboxylic acids is 6. The lowest BCUT2D eigenvalue weighted by molar-refractivity contribution is -0.148. The third-order valence-electron chi connectivity index (χ3n) is 12.2. The molecule has 2 saturated heterocycles. The van der Waals surface area contributed by atoms with Crippen LogP contribution in [0.4, 0.5) is 9.59 Å². The third kappa shape index (κ3) is 9.53. The van der Waals surface area contributed by atoms with Crippen molar-refractivity contribution in [1.82, 2.24) is 9.80 Å². The van der Waals surface area contributed by atoms with Crippen LogP contribution in [0.25, 0.3) is 21.9 Å². The summed E-state index contributed by atoms with van der Waals surface area (Å²) in [7, 11) is 0. The summed E-state index contributed by atoms with van der Waals surface area (Å²) in [6, 6.07) is 13.8. The van der Waals surface area contributed by atoms with E-state index in [2.05, 4.69) is 6.07 Å². The van der Waals surface area contributed by atoms with Gasteiger partial charge in [0.2, 0.25) is 5.78 Å². The van der Waals surface area contributed by atoms with Gasteiger partial charge in [-0.15, -0.1) is 0 Å². The molecule has 320 valence electrons. The number of Topliss-reactive ketones (excluding diaryl/α,β-unsaturated/α-hetero) is 2. The largest absolute Gasteiger partial charge is 0.456 e. The van der Waals surface area contributed by atoms with E-state index < -0.39 is 60.6 Å². The highest BCUT2D eigenvalue weighted by atomic mass is 16.6. The van der Waals surface area contributed by atoms with Crippen molar-refractivity contribution < 1.29 is 47.7 Å². The van der Waals surface area contributed by atoms with Gasteiger partial charge in [0.05, 0.1) is 0 Å². The normalized spacial score (nSPS) is 19.9. The van der Waals surface area contributed by atoms with Crippen LogP contribution in [0.5, 0.6) is 0 Å². The highest BCUT2D eigenvalue weighted by Crippen LogP contribution is 2.50. The highest BCUT2D eigenvalue weighted by Gasteiger charge is 2.42. The number of hydrogen-bond acceptors (Lipinski definition) is 10. The number of benzene rings is 3. The molecular weight excluding hydrogens is 765 g/mol. The van der Waals surface area contributed by atoms with Gasteiger partial charge in [0.25, 0.3) is 0 Å². The second-order valence-corrected chi connectivity index (χ2v) is 19.0. The van der Waals surface area contributed by atoms with E-state index in [4.69, 9.17) is 18.9 Å². The highest BCUT2D eigenvalue weighted by molar-refractivity contribution is 6.03. The summed E-state index contributed by atoms with van der Waals surface area (Å²) in [6.45, 7) is 10.6. The molecule has 12 heteroatoms. The Morgan fingerprint density at radius 3 is 1.73 bits per heavy atom. The van der Waals surface area contributed by atoms with Gasteiger partial charge in [0.15, 0.2) is 19.0 Å². The maximum absolute atomic E-state index is 13.9. The standard InChI is InChI=1S/C48H58N2O10/c1-46(2,3)59-44(55)49-22-10-12-38(49)42(53)57-28-40(51)33-17-15-30-24-32(16-14-31(30)25-33)34-18-19-35(37-27-48(26-36(34)37)20-8-7-9-21-48)41(52)29-58-43(54)39-13-11-23-50(39)45(56)60-47(4,5)6/h14-19,24-25,38-39H,7-13,20-23,26-29H2,1-6H3/t38-,39-/m0/s1. The Labute approximate surface area is 352 Å². The summed E-state index contributed by atoms with van der Waals surface area (Å²) in [4.78, 5) is 81.6. The van der Waals surface area contributed by atoms with Crippen molar-refractivity contribution in [3.8, 4) is 11.1 Å². The number of carbonyl (C=O) groups is 6. The quantitative estimate of drug-likeness (QED) is 0.117. The Bertz CT molecular complexity index is 2190. The SMILES string of the molecule is CC(C)(C)OC(=O)N1CCC[C@H]1C(=O)OCC(=O)c1ccc2cc(-c3ccc(C(=O)COC(=O)[C@@H]4CCCN4C(=O)OC(C)(C)C)c4c3CC3(CCCCC3)C4)ccc2c1. The van der Waals surface area contributed by atoms with Crippen LogP contribution in [0.2, 0.25) is 0 Å². The average Bonchev–Trinajstić information content (AvgIpc) is 3.97. The van der Waals surface area contributed by atoms with Crippen LogP contribution in [0, 0.1) is 5.41 Å². The molecule has 0 aromatic heterocycles. The second-order valence-electron chi connectivity index (χ2n) is 19.0. The zero-order valence-corrected chi connectivity index (χ0v) is 35.9. The van der Waals surface area contributed by atoms with Gasteiger partial charge in [0, 0.05) is 24.2 Å². The summed E-state index contributed by atoms with van der Waals surface area (Å²) in [5.74, 6) is -1.82. The van der Waals surface area contributed by atoms with Crippen molar-refractivity contribution in [1.29, 1.82) is 0 Å². The first-order chi connectivity index (χ1) is 28.4. The lowest BCUT2D eigenvalue weighted by Crippen LogP contribution is -2.44. The minimum absolute atomic E-state index is 0.0848. The van der Waals surface area contributed by atoms with Crippen molar-refractivity contribution in [2.24, 2.45) is 5.41 Å². The van der Waals surface area contributed by atoms with E-state index in [1.54, 1.807) is 53.7 Å². The van der Waals surface area contributed by atoms with Crippen LogP contribution in [0.1, 0.15) is 131 Å². The maximum atomic E-state index is 13.9. The summed E-state index contributed by atoms with van der Waals surface area (Å²) in [5.41, 5.74) is 3.91. The van der Waals surface area contributed by atoms with E-state index in [0.29, 0.717) is 49.9 Å². The Balaban J connectivity index is 1.05. The van der Waals surface area contributed by atoms with E-state index in [1.807, 2.05) is 30.3 Å². The number of amides is 2. The van der Waals surface area contributed by atoms with Crippen molar-refractivity contribution in [2.75, 3.05) is 26.3 Å². The Kier molecular flexibility index (Phi) is 12.1. The third-order valence-corrected chi connectivity index (χ3v) is 12.2. The van der Waals surface area contributed by atoms with Crippen molar-refractivity contribution >= 4 is 46.5 Å². The predicted octanol–water partition coefficient (Wildman–Crippen LogP) is 8.81. The minimum atomic E-state index is -0.790. The molecule has 60 heavy (non-hydrogen) atoms. The minimum Gasteiger partial charge on any atom is -0.456 e. The molecule has 3 fully saturated rings. The van der Waals surface area contributed by atoms with Crippen LogP contribution < -0.4 is 0 Å². The fraction of sp³-hybridized carbons (Fsp3) is 0.542. The van der Waals surface area contributed by atoms with Crippen LogP contribution in [0.15, 0.2) is 48.5 Å². The van der Waals surface area contributed by atoms with E-state index >= 15 is 0 Å². The van der Waals surface area contributed by atoms with Crippen LogP contribution in [-0.4, -0.2) is 95.1 Å². The summed E-state index contributed by atoms with van der Waals surface area (Å²) >= 11 is 0. The van der Waals surface area contributed by atoms with E-state index in [1.165, 1.54) is 16.2 Å². The molecular formula is C48H58N2O10. The number of hydrogen-bond donors (Lipinski definition) is 0. The number of nitrogens with zero attached hydrogens (tertiary/aromatic N) is 2. The molecule has 0 bridgehead atoms. The van der Waals surface area contributed by atoms with Crippen molar-refractivity contribution in [3.05, 3.63) is 70.8 Å².